The van der Waals surface area contributed by atoms with E-state index in [4.69, 9.17) is 4.74 Å². The second-order valence-electron chi connectivity index (χ2n) is 5.21. The van der Waals surface area contributed by atoms with Crippen molar-refractivity contribution in [1.29, 1.82) is 0 Å². The molecule has 0 fully saturated rings. The molecule has 0 aromatic heterocycles. The third-order valence-electron chi connectivity index (χ3n) is 3.55. The Kier molecular flexibility index (Phi) is 5.99. The van der Waals surface area contributed by atoms with Crippen LogP contribution in [0.5, 0.6) is 5.75 Å². The molecule has 0 heterocycles. The topological polar surface area (TPSA) is 38.3 Å². The maximum absolute atomic E-state index is 12.2. The van der Waals surface area contributed by atoms with Crippen LogP contribution in [0.4, 0.5) is 5.69 Å². The van der Waals surface area contributed by atoms with E-state index in [2.05, 4.69) is 28.2 Å². The number of aryl methyl sites for hydroxylation is 2. The maximum Gasteiger partial charge on any atom is 0.248 e. The monoisotopic (exact) mass is 373 g/mol. The van der Waals surface area contributed by atoms with Crippen molar-refractivity contribution in [3.63, 3.8) is 0 Å². The molecule has 0 bridgehead atoms. The summed E-state index contributed by atoms with van der Waals surface area (Å²) in [5.41, 5.74) is 4.00. The average Bonchev–Trinajstić information content (AvgIpc) is 2.55. The van der Waals surface area contributed by atoms with Crippen molar-refractivity contribution in [3.05, 3.63) is 63.6 Å². The number of anilines is 1. The van der Waals surface area contributed by atoms with Gasteiger partial charge in [0.2, 0.25) is 5.91 Å². The quantitative estimate of drug-likeness (QED) is 0.750. The molecule has 0 spiro atoms. The number of hydrogen-bond donors (Lipinski definition) is 1. The zero-order chi connectivity index (χ0) is 16.8. The molecular formula is C19H20BrNO2. The molecule has 0 aliphatic rings. The Bertz CT molecular complexity index is 721. The summed E-state index contributed by atoms with van der Waals surface area (Å²) < 4.78 is 6.14. The molecule has 0 atom stereocenters. The van der Waals surface area contributed by atoms with Gasteiger partial charge in [-0.15, -0.1) is 0 Å². The van der Waals surface area contributed by atoms with Crippen molar-refractivity contribution in [3.8, 4) is 5.75 Å². The lowest BCUT2D eigenvalue weighted by molar-refractivity contribution is -0.111. The third-order valence-corrected chi connectivity index (χ3v) is 4.01. The minimum atomic E-state index is -0.138. The first-order valence-corrected chi connectivity index (χ1v) is 8.25. The Balaban J connectivity index is 2.11. The van der Waals surface area contributed by atoms with Crippen LogP contribution >= 0.6 is 15.9 Å². The van der Waals surface area contributed by atoms with Crippen LogP contribution in [0.2, 0.25) is 0 Å². The molecule has 120 valence electrons. The Labute approximate surface area is 145 Å². The number of benzene rings is 2. The molecule has 0 saturated heterocycles. The van der Waals surface area contributed by atoms with Gasteiger partial charge in [0.1, 0.15) is 5.75 Å². The number of rotatable bonds is 5. The summed E-state index contributed by atoms with van der Waals surface area (Å²) in [6.07, 6.45) is 4.19. The van der Waals surface area contributed by atoms with E-state index in [9.17, 15) is 4.79 Å². The highest BCUT2D eigenvalue weighted by molar-refractivity contribution is 9.10. The molecule has 2 rings (SSSR count). The summed E-state index contributed by atoms with van der Waals surface area (Å²) in [6, 6.07) is 11.6. The van der Waals surface area contributed by atoms with Crippen LogP contribution in [0.15, 0.2) is 46.9 Å². The molecular weight excluding hydrogens is 354 g/mol. The van der Waals surface area contributed by atoms with E-state index in [1.807, 2.05) is 43.3 Å². The molecule has 0 radical (unpaired) electrons. The SMILES string of the molecule is CCc1cc(Br)cc(C)c1NC(=O)/C=C/c1ccc(OC)cc1. The van der Waals surface area contributed by atoms with Crippen molar-refractivity contribution in [1.82, 2.24) is 0 Å². The van der Waals surface area contributed by atoms with Crippen LogP contribution in [0.25, 0.3) is 6.08 Å². The Morgan fingerprint density at radius 3 is 2.57 bits per heavy atom. The molecule has 2 aromatic carbocycles. The fourth-order valence-corrected chi connectivity index (χ4v) is 2.94. The van der Waals surface area contributed by atoms with E-state index < -0.39 is 0 Å². The molecule has 1 amide bonds. The van der Waals surface area contributed by atoms with Crippen molar-refractivity contribution < 1.29 is 9.53 Å². The van der Waals surface area contributed by atoms with Crippen molar-refractivity contribution in [2.24, 2.45) is 0 Å². The normalized spacial score (nSPS) is 10.8. The summed E-state index contributed by atoms with van der Waals surface area (Å²) in [6.45, 7) is 4.07. The van der Waals surface area contributed by atoms with Gasteiger partial charge in [-0.2, -0.15) is 0 Å². The van der Waals surface area contributed by atoms with Gasteiger partial charge in [0.15, 0.2) is 0 Å². The summed E-state index contributed by atoms with van der Waals surface area (Å²) in [5, 5.41) is 2.98. The minimum absolute atomic E-state index is 0.138. The van der Waals surface area contributed by atoms with Gasteiger partial charge in [-0.1, -0.05) is 35.0 Å². The van der Waals surface area contributed by atoms with Crippen LogP contribution in [0, 0.1) is 6.92 Å². The molecule has 4 heteroatoms. The summed E-state index contributed by atoms with van der Waals surface area (Å²) >= 11 is 3.49. The summed E-state index contributed by atoms with van der Waals surface area (Å²) in [4.78, 5) is 12.2. The lowest BCUT2D eigenvalue weighted by Gasteiger charge is -2.12. The number of ether oxygens (including phenoxy) is 1. The zero-order valence-corrected chi connectivity index (χ0v) is 15.1. The first-order valence-electron chi connectivity index (χ1n) is 7.45. The van der Waals surface area contributed by atoms with Crippen LogP contribution < -0.4 is 10.1 Å². The number of halogens is 1. The van der Waals surface area contributed by atoms with E-state index in [1.54, 1.807) is 19.3 Å². The van der Waals surface area contributed by atoms with Gasteiger partial charge < -0.3 is 10.1 Å². The Morgan fingerprint density at radius 1 is 1.26 bits per heavy atom. The molecule has 0 unspecified atom stereocenters. The maximum atomic E-state index is 12.2. The number of methoxy groups -OCH3 is 1. The van der Waals surface area contributed by atoms with Crippen LogP contribution in [-0.2, 0) is 11.2 Å². The fourth-order valence-electron chi connectivity index (χ4n) is 2.32. The molecule has 0 aliphatic heterocycles. The van der Waals surface area contributed by atoms with Gasteiger partial charge in [0.25, 0.3) is 0 Å². The highest BCUT2D eigenvalue weighted by Crippen LogP contribution is 2.26. The largest absolute Gasteiger partial charge is 0.497 e. The van der Waals surface area contributed by atoms with E-state index >= 15 is 0 Å². The van der Waals surface area contributed by atoms with Gasteiger partial charge in [-0.05, 0) is 60.4 Å². The highest BCUT2D eigenvalue weighted by atomic mass is 79.9. The van der Waals surface area contributed by atoms with Crippen molar-refractivity contribution >= 4 is 33.6 Å². The predicted octanol–water partition coefficient (Wildman–Crippen LogP) is 4.98. The van der Waals surface area contributed by atoms with E-state index in [1.165, 1.54) is 0 Å². The first kappa shape index (κ1) is 17.3. The fraction of sp³-hybridized carbons (Fsp3) is 0.211. The number of nitrogens with one attached hydrogen (secondary N) is 1. The molecule has 0 aliphatic carbocycles. The second-order valence-corrected chi connectivity index (χ2v) is 6.12. The number of carbonyl (C=O) groups excluding carboxylic acids is 1. The standard InChI is InChI=1S/C19H20BrNO2/c1-4-15-12-16(20)11-13(2)19(15)21-18(22)10-7-14-5-8-17(23-3)9-6-14/h5-12H,4H2,1-3H3,(H,21,22)/b10-7+. The first-order chi connectivity index (χ1) is 11.0. The van der Waals surface area contributed by atoms with Crippen molar-refractivity contribution in [2.75, 3.05) is 12.4 Å². The molecule has 3 nitrogen and oxygen atoms in total. The zero-order valence-electron chi connectivity index (χ0n) is 13.5. The van der Waals surface area contributed by atoms with Crippen LogP contribution in [0.3, 0.4) is 0 Å². The summed E-state index contributed by atoms with van der Waals surface area (Å²) in [7, 11) is 1.63. The number of hydrogen-bond acceptors (Lipinski definition) is 2. The number of carbonyl (C=O) groups is 1. The number of amides is 1. The van der Waals surface area contributed by atoms with Crippen LogP contribution in [0.1, 0.15) is 23.6 Å². The van der Waals surface area contributed by atoms with Gasteiger partial charge in [0.05, 0.1) is 7.11 Å². The minimum Gasteiger partial charge on any atom is -0.497 e. The second kappa shape index (κ2) is 7.97. The van der Waals surface area contributed by atoms with Gasteiger partial charge in [-0.3, -0.25) is 4.79 Å². The Hall–Kier alpha value is -2.07. The van der Waals surface area contributed by atoms with E-state index in [0.717, 1.165) is 39.0 Å². The summed E-state index contributed by atoms with van der Waals surface area (Å²) in [5.74, 6) is 0.658. The van der Waals surface area contributed by atoms with Crippen molar-refractivity contribution in [2.45, 2.75) is 20.3 Å². The smallest absolute Gasteiger partial charge is 0.248 e. The van der Waals surface area contributed by atoms with Gasteiger partial charge >= 0.3 is 0 Å². The van der Waals surface area contributed by atoms with Gasteiger partial charge in [-0.25, -0.2) is 0 Å². The van der Waals surface area contributed by atoms with E-state index in [-0.39, 0.29) is 5.91 Å². The molecule has 1 N–H and O–H groups in total. The third kappa shape index (κ3) is 4.70. The Morgan fingerprint density at radius 2 is 1.96 bits per heavy atom. The van der Waals surface area contributed by atoms with Crippen LogP contribution in [-0.4, -0.2) is 13.0 Å². The lowest BCUT2D eigenvalue weighted by atomic mass is 10.1. The van der Waals surface area contributed by atoms with Gasteiger partial charge in [0, 0.05) is 16.2 Å². The highest BCUT2D eigenvalue weighted by Gasteiger charge is 2.08. The molecule has 0 saturated carbocycles. The predicted molar refractivity (Wildman–Crippen MR) is 98.9 cm³/mol. The lowest BCUT2D eigenvalue weighted by Crippen LogP contribution is -2.11. The average molecular weight is 374 g/mol. The van der Waals surface area contributed by atoms with E-state index in [0.29, 0.717) is 0 Å². The molecule has 2 aromatic rings. The molecule has 23 heavy (non-hydrogen) atoms.